The number of carbonyl (C=O) groups is 1. The maximum Gasteiger partial charge on any atom is 0.169 e. The summed E-state index contributed by atoms with van der Waals surface area (Å²) in [5.74, 6) is 1.06. The molecule has 0 bridgehead atoms. The van der Waals surface area contributed by atoms with Crippen LogP contribution in [0.1, 0.15) is 23.2 Å². The first kappa shape index (κ1) is 11.1. The molecule has 1 heterocycles. The third-order valence-electron chi connectivity index (χ3n) is 3.08. The van der Waals surface area contributed by atoms with Crippen molar-refractivity contribution in [1.29, 1.82) is 0 Å². The molecule has 1 N–H and O–H groups in total. The number of methoxy groups -OCH3 is 1. The van der Waals surface area contributed by atoms with E-state index >= 15 is 0 Å². The molecule has 0 saturated carbocycles. The Bertz CT molecular complexity index is 370. The lowest BCUT2D eigenvalue weighted by molar-refractivity contribution is 0.0892. The van der Waals surface area contributed by atoms with Crippen molar-refractivity contribution in [2.75, 3.05) is 20.2 Å². The summed E-state index contributed by atoms with van der Waals surface area (Å²) in [7, 11) is 1.61. The van der Waals surface area contributed by atoms with Gasteiger partial charge in [-0.05, 0) is 38.1 Å². The Kier molecular flexibility index (Phi) is 3.57. The van der Waals surface area contributed by atoms with Gasteiger partial charge in [0, 0.05) is 5.92 Å². The van der Waals surface area contributed by atoms with Crippen LogP contribution >= 0.6 is 0 Å². The van der Waals surface area contributed by atoms with E-state index < -0.39 is 0 Å². The molecule has 1 aliphatic rings. The van der Waals surface area contributed by atoms with Crippen molar-refractivity contribution in [3.8, 4) is 5.75 Å². The molecule has 1 aromatic carbocycles. The van der Waals surface area contributed by atoms with E-state index in [0.29, 0.717) is 5.75 Å². The van der Waals surface area contributed by atoms with Gasteiger partial charge in [0.1, 0.15) is 5.75 Å². The zero-order valence-electron chi connectivity index (χ0n) is 9.53. The minimum Gasteiger partial charge on any atom is -0.496 e. The summed E-state index contributed by atoms with van der Waals surface area (Å²) in [6, 6.07) is 7.46. The van der Waals surface area contributed by atoms with Gasteiger partial charge in [-0.2, -0.15) is 0 Å². The zero-order valence-corrected chi connectivity index (χ0v) is 9.53. The number of carbonyl (C=O) groups excluding carboxylic acids is 1. The molecule has 86 valence electrons. The van der Waals surface area contributed by atoms with Gasteiger partial charge in [-0.3, -0.25) is 4.79 Å². The van der Waals surface area contributed by atoms with Crippen LogP contribution in [0.15, 0.2) is 24.3 Å². The van der Waals surface area contributed by atoms with Gasteiger partial charge in [0.15, 0.2) is 5.78 Å². The molecule has 0 radical (unpaired) electrons. The maximum atomic E-state index is 12.3. The highest BCUT2D eigenvalue weighted by atomic mass is 16.5. The largest absolute Gasteiger partial charge is 0.496 e. The van der Waals surface area contributed by atoms with Gasteiger partial charge in [0.25, 0.3) is 0 Å². The smallest absolute Gasteiger partial charge is 0.169 e. The first-order chi connectivity index (χ1) is 7.83. The summed E-state index contributed by atoms with van der Waals surface area (Å²) < 4.78 is 5.22. The fourth-order valence-electron chi connectivity index (χ4n) is 2.15. The molecule has 0 amide bonds. The Morgan fingerprint density at radius 3 is 2.69 bits per heavy atom. The first-order valence-electron chi connectivity index (χ1n) is 5.71. The molecular formula is C13H17NO2. The summed E-state index contributed by atoms with van der Waals surface area (Å²) in [4.78, 5) is 12.3. The predicted octanol–water partition coefficient (Wildman–Crippen LogP) is 1.88. The van der Waals surface area contributed by atoms with E-state index in [2.05, 4.69) is 5.32 Å². The second-order valence-electron chi connectivity index (χ2n) is 4.09. The fourth-order valence-corrected chi connectivity index (χ4v) is 2.15. The number of para-hydroxylation sites is 1. The van der Waals surface area contributed by atoms with Crippen molar-refractivity contribution in [3.63, 3.8) is 0 Å². The van der Waals surface area contributed by atoms with E-state index in [1.165, 1.54) is 0 Å². The zero-order chi connectivity index (χ0) is 11.4. The molecule has 0 unspecified atom stereocenters. The monoisotopic (exact) mass is 219 g/mol. The molecule has 0 aromatic heterocycles. The lowest BCUT2D eigenvalue weighted by atomic mass is 9.89. The molecule has 3 nitrogen and oxygen atoms in total. The number of nitrogens with one attached hydrogen (secondary N) is 1. The Balaban J connectivity index is 2.19. The highest BCUT2D eigenvalue weighted by molar-refractivity contribution is 6.00. The number of piperidine rings is 1. The number of hydrogen-bond donors (Lipinski definition) is 1. The van der Waals surface area contributed by atoms with Crippen LogP contribution in [0.2, 0.25) is 0 Å². The molecule has 0 spiro atoms. The van der Waals surface area contributed by atoms with Crippen LogP contribution in [0.25, 0.3) is 0 Å². The number of ketones is 1. The Morgan fingerprint density at radius 1 is 1.31 bits per heavy atom. The summed E-state index contributed by atoms with van der Waals surface area (Å²) in [6.45, 7) is 1.87. The topological polar surface area (TPSA) is 38.3 Å². The van der Waals surface area contributed by atoms with E-state index in [1.807, 2.05) is 24.3 Å². The quantitative estimate of drug-likeness (QED) is 0.789. The Hall–Kier alpha value is -1.35. The van der Waals surface area contributed by atoms with Gasteiger partial charge < -0.3 is 10.1 Å². The third-order valence-corrected chi connectivity index (χ3v) is 3.08. The van der Waals surface area contributed by atoms with Crippen molar-refractivity contribution in [3.05, 3.63) is 29.8 Å². The molecule has 1 aliphatic heterocycles. The first-order valence-corrected chi connectivity index (χ1v) is 5.71. The molecule has 1 aromatic rings. The van der Waals surface area contributed by atoms with Crippen LogP contribution in [0, 0.1) is 5.92 Å². The SMILES string of the molecule is COc1ccccc1C(=O)C1CCNCC1. The maximum absolute atomic E-state index is 12.3. The minimum atomic E-state index is 0.151. The fraction of sp³-hybridized carbons (Fsp3) is 0.462. The van der Waals surface area contributed by atoms with Crippen LogP contribution in [-0.4, -0.2) is 26.0 Å². The van der Waals surface area contributed by atoms with Gasteiger partial charge in [0.2, 0.25) is 0 Å². The highest BCUT2D eigenvalue weighted by Gasteiger charge is 2.24. The van der Waals surface area contributed by atoms with E-state index in [0.717, 1.165) is 31.5 Å². The van der Waals surface area contributed by atoms with Gasteiger partial charge in [-0.1, -0.05) is 12.1 Å². The van der Waals surface area contributed by atoms with Crippen LogP contribution in [0.5, 0.6) is 5.75 Å². The number of benzene rings is 1. The van der Waals surface area contributed by atoms with Crippen LogP contribution in [0.4, 0.5) is 0 Å². The highest BCUT2D eigenvalue weighted by Crippen LogP contribution is 2.24. The number of hydrogen-bond acceptors (Lipinski definition) is 3. The average Bonchev–Trinajstić information content (AvgIpc) is 2.39. The predicted molar refractivity (Wildman–Crippen MR) is 62.9 cm³/mol. The van der Waals surface area contributed by atoms with Crippen molar-refractivity contribution in [1.82, 2.24) is 5.32 Å². The molecule has 1 saturated heterocycles. The van der Waals surface area contributed by atoms with Gasteiger partial charge >= 0.3 is 0 Å². The van der Waals surface area contributed by atoms with Gasteiger partial charge in [0.05, 0.1) is 12.7 Å². The van der Waals surface area contributed by atoms with E-state index in [-0.39, 0.29) is 11.7 Å². The molecule has 0 aliphatic carbocycles. The Labute approximate surface area is 95.8 Å². The lowest BCUT2D eigenvalue weighted by Gasteiger charge is -2.22. The second-order valence-corrected chi connectivity index (χ2v) is 4.09. The van der Waals surface area contributed by atoms with E-state index in [4.69, 9.17) is 4.74 Å². The molecule has 2 rings (SSSR count). The van der Waals surface area contributed by atoms with Crippen LogP contribution in [0.3, 0.4) is 0 Å². The Morgan fingerprint density at radius 2 is 2.00 bits per heavy atom. The van der Waals surface area contributed by atoms with Gasteiger partial charge in [-0.15, -0.1) is 0 Å². The van der Waals surface area contributed by atoms with Crippen molar-refractivity contribution < 1.29 is 9.53 Å². The average molecular weight is 219 g/mol. The lowest BCUT2D eigenvalue weighted by Crippen LogP contribution is -2.32. The summed E-state index contributed by atoms with van der Waals surface area (Å²) in [5, 5.41) is 3.27. The molecule has 0 atom stereocenters. The standard InChI is InChI=1S/C13H17NO2/c1-16-12-5-3-2-4-11(12)13(15)10-6-8-14-9-7-10/h2-5,10,14H,6-9H2,1H3. The number of rotatable bonds is 3. The van der Waals surface area contributed by atoms with Crippen molar-refractivity contribution in [2.45, 2.75) is 12.8 Å². The van der Waals surface area contributed by atoms with Crippen molar-refractivity contribution >= 4 is 5.78 Å². The molecule has 1 fully saturated rings. The summed E-state index contributed by atoms with van der Waals surface area (Å²) in [6.07, 6.45) is 1.85. The molecule has 16 heavy (non-hydrogen) atoms. The van der Waals surface area contributed by atoms with E-state index in [9.17, 15) is 4.79 Å². The number of ether oxygens (including phenoxy) is 1. The number of Topliss-reactive ketones (excluding diaryl/α,β-unsaturated/α-hetero) is 1. The normalized spacial score (nSPS) is 17.1. The molecular weight excluding hydrogens is 202 g/mol. The van der Waals surface area contributed by atoms with Gasteiger partial charge in [-0.25, -0.2) is 0 Å². The minimum absolute atomic E-state index is 0.151. The van der Waals surface area contributed by atoms with Crippen LogP contribution in [-0.2, 0) is 0 Å². The van der Waals surface area contributed by atoms with Crippen LogP contribution < -0.4 is 10.1 Å². The second kappa shape index (κ2) is 5.12. The third kappa shape index (κ3) is 2.25. The van der Waals surface area contributed by atoms with E-state index in [1.54, 1.807) is 7.11 Å². The summed E-state index contributed by atoms with van der Waals surface area (Å²) >= 11 is 0. The summed E-state index contributed by atoms with van der Waals surface area (Å²) in [5.41, 5.74) is 0.719. The van der Waals surface area contributed by atoms with Crippen molar-refractivity contribution in [2.24, 2.45) is 5.92 Å². The molecule has 3 heteroatoms.